The van der Waals surface area contributed by atoms with Crippen LogP contribution in [0.5, 0.6) is 0 Å². The summed E-state index contributed by atoms with van der Waals surface area (Å²) in [7, 11) is 0. The third-order valence-corrected chi connectivity index (χ3v) is 2.14. The van der Waals surface area contributed by atoms with Gasteiger partial charge in [0.2, 0.25) is 0 Å². The van der Waals surface area contributed by atoms with Crippen molar-refractivity contribution in [2.75, 3.05) is 6.61 Å². The van der Waals surface area contributed by atoms with E-state index in [1.807, 2.05) is 41.2 Å². The minimum Gasteiger partial charge on any atom is -0.384 e. The van der Waals surface area contributed by atoms with Crippen molar-refractivity contribution in [2.24, 2.45) is 0 Å². The largest absolute Gasteiger partial charge is 0.384 e. The number of benzene rings is 1. The molecule has 0 radical (unpaired) electrons. The van der Waals surface area contributed by atoms with E-state index in [-0.39, 0.29) is 6.61 Å². The Balaban J connectivity index is 2.16. The highest BCUT2D eigenvalue weighted by Gasteiger charge is 1.95. The molecule has 2 aromatic rings. The fourth-order valence-corrected chi connectivity index (χ4v) is 1.47. The maximum absolute atomic E-state index is 8.62. The second-order valence-corrected chi connectivity index (χ2v) is 3.36. The van der Waals surface area contributed by atoms with Crippen molar-refractivity contribution in [1.82, 2.24) is 9.78 Å². The molecule has 0 saturated heterocycles. The van der Waals surface area contributed by atoms with E-state index in [9.17, 15) is 0 Å². The van der Waals surface area contributed by atoms with Crippen molar-refractivity contribution in [2.45, 2.75) is 6.54 Å². The Labute approximate surface area is 94.3 Å². The van der Waals surface area contributed by atoms with Gasteiger partial charge in [0.1, 0.15) is 6.61 Å². The molecule has 0 aliphatic heterocycles. The zero-order chi connectivity index (χ0) is 11.2. The molecular weight excluding hydrogens is 200 g/mol. The molecule has 0 aliphatic carbocycles. The van der Waals surface area contributed by atoms with Gasteiger partial charge in [0.15, 0.2) is 0 Å². The van der Waals surface area contributed by atoms with Crippen molar-refractivity contribution in [3.8, 4) is 11.8 Å². The molecular formula is C13H12N2O. The second-order valence-electron chi connectivity index (χ2n) is 3.36. The van der Waals surface area contributed by atoms with Gasteiger partial charge < -0.3 is 5.11 Å². The highest BCUT2D eigenvalue weighted by atomic mass is 16.2. The second kappa shape index (κ2) is 5.15. The molecule has 0 saturated carbocycles. The van der Waals surface area contributed by atoms with Crippen LogP contribution in [0.2, 0.25) is 0 Å². The minimum absolute atomic E-state index is 0.108. The molecule has 3 nitrogen and oxygen atoms in total. The van der Waals surface area contributed by atoms with Crippen LogP contribution in [0.25, 0.3) is 0 Å². The highest BCUT2D eigenvalue weighted by Crippen LogP contribution is 2.05. The average Bonchev–Trinajstić information content (AvgIpc) is 2.80. The number of nitrogens with zero attached hydrogens (tertiary/aromatic N) is 2. The van der Waals surface area contributed by atoms with Crippen molar-refractivity contribution in [1.29, 1.82) is 0 Å². The molecule has 1 aromatic heterocycles. The van der Waals surface area contributed by atoms with E-state index in [1.54, 1.807) is 6.20 Å². The standard InChI is InChI=1S/C13H12N2O/c16-9-2-6-12-4-1-5-13(10-12)11-15-8-3-7-14-15/h1,3-5,7-8,10,16H,9,11H2. The summed E-state index contributed by atoms with van der Waals surface area (Å²) >= 11 is 0. The van der Waals surface area contributed by atoms with Gasteiger partial charge in [-0.15, -0.1) is 0 Å². The lowest BCUT2D eigenvalue weighted by atomic mass is 10.1. The molecule has 0 fully saturated rings. The molecule has 0 aliphatic rings. The fourth-order valence-electron chi connectivity index (χ4n) is 1.47. The number of rotatable bonds is 2. The maximum atomic E-state index is 8.62. The summed E-state index contributed by atoms with van der Waals surface area (Å²) in [5.41, 5.74) is 2.06. The predicted molar refractivity (Wildman–Crippen MR) is 61.7 cm³/mol. The predicted octanol–water partition coefficient (Wildman–Crippen LogP) is 1.28. The number of hydrogen-bond acceptors (Lipinski definition) is 2. The summed E-state index contributed by atoms with van der Waals surface area (Å²) in [5, 5.41) is 12.8. The third kappa shape index (κ3) is 2.72. The maximum Gasteiger partial charge on any atom is 0.104 e. The van der Waals surface area contributed by atoms with E-state index < -0.39 is 0 Å². The molecule has 0 bridgehead atoms. The topological polar surface area (TPSA) is 38.0 Å². The summed E-state index contributed by atoms with van der Waals surface area (Å²) in [4.78, 5) is 0. The molecule has 16 heavy (non-hydrogen) atoms. The van der Waals surface area contributed by atoms with Gasteiger partial charge in [0.05, 0.1) is 6.54 Å². The van der Waals surface area contributed by atoms with Gasteiger partial charge in [0, 0.05) is 18.0 Å². The van der Waals surface area contributed by atoms with Gasteiger partial charge in [-0.2, -0.15) is 5.10 Å². The summed E-state index contributed by atoms with van der Waals surface area (Å²) in [6, 6.07) is 9.82. The lowest BCUT2D eigenvalue weighted by Gasteiger charge is -2.02. The van der Waals surface area contributed by atoms with E-state index >= 15 is 0 Å². The molecule has 1 aromatic carbocycles. The Bertz CT molecular complexity index is 506. The van der Waals surface area contributed by atoms with E-state index in [0.29, 0.717) is 0 Å². The molecule has 2 rings (SSSR count). The van der Waals surface area contributed by atoms with Crippen LogP contribution in [-0.4, -0.2) is 21.5 Å². The summed E-state index contributed by atoms with van der Waals surface area (Å²) in [6.45, 7) is 0.630. The quantitative estimate of drug-likeness (QED) is 0.761. The smallest absolute Gasteiger partial charge is 0.104 e. The third-order valence-electron chi connectivity index (χ3n) is 2.14. The first-order valence-corrected chi connectivity index (χ1v) is 5.04. The zero-order valence-electron chi connectivity index (χ0n) is 8.80. The summed E-state index contributed by atoms with van der Waals surface area (Å²) < 4.78 is 1.86. The zero-order valence-corrected chi connectivity index (χ0v) is 8.80. The Morgan fingerprint density at radius 3 is 3.00 bits per heavy atom. The first-order valence-electron chi connectivity index (χ1n) is 5.04. The Hall–Kier alpha value is -2.05. The molecule has 0 unspecified atom stereocenters. The SMILES string of the molecule is OCC#Cc1cccc(Cn2cccn2)c1. The minimum atomic E-state index is -0.108. The van der Waals surface area contributed by atoms with Crippen molar-refractivity contribution >= 4 is 0 Å². The van der Waals surface area contributed by atoms with Gasteiger partial charge in [-0.3, -0.25) is 4.68 Å². The van der Waals surface area contributed by atoms with Crippen molar-refractivity contribution in [3.63, 3.8) is 0 Å². The van der Waals surface area contributed by atoms with E-state index in [1.165, 1.54) is 0 Å². The normalized spacial score (nSPS) is 9.56. The first-order chi connectivity index (χ1) is 7.88. The van der Waals surface area contributed by atoms with Crippen LogP contribution < -0.4 is 0 Å². The van der Waals surface area contributed by atoms with Gasteiger partial charge in [-0.1, -0.05) is 24.0 Å². The molecule has 80 valence electrons. The monoisotopic (exact) mass is 212 g/mol. The van der Waals surface area contributed by atoms with E-state index in [2.05, 4.69) is 16.9 Å². The van der Waals surface area contributed by atoms with Crippen LogP contribution in [0.4, 0.5) is 0 Å². The van der Waals surface area contributed by atoms with Gasteiger partial charge in [-0.05, 0) is 23.8 Å². The lowest BCUT2D eigenvalue weighted by Crippen LogP contribution is -1.99. The van der Waals surface area contributed by atoms with Gasteiger partial charge in [0.25, 0.3) is 0 Å². The number of aliphatic hydroxyl groups is 1. The lowest BCUT2D eigenvalue weighted by molar-refractivity contribution is 0.350. The van der Waals surface area contributed by atoms with Crippen LogP contribution in [0.3, 0.4) is 0 Å². The molecule has 0 amide bonds. The van der Waals surface area contributed by atoms with Crippen LogP contribution in [0.1, 0.15) is 11.1 Å². The van der Waals surface area contributed by atoms with Crippen molar-refractivity contribution in [3.05, 3.63) is 53.9 Å². The first kappa shape index (κ1) is 10.5. The average molecular weight is 212 g/mol. The Morgan fingerprint density at radius 1 is 1.31 bits per heavy atom. The number of aromatic nitrogens is 2. The fraction of sp³-hybridized carbons (Fsp3) is 0.154. The molecule has 1 heterocycles. The molecule has 1 N–H and O–H groups in total. The van der Waals surface area contributed by atoms with Crippen LogP contribution in [0, 0.1) is 11.8 Å². The van der Waals surface area contributed by atoms with Gasteiger partial charge in [-0.25, -0.2) is 0 Å². The van der Waals surface area contributed by atoms with Crippen LogP contribution >= 0.6 is 0 Å². The Morgan fingerprint density at radius 2 is 2.25 bits per heavy atom. The van der Waals surface area contributed by atoms with Crippen molar-refractivity contribution < 1.29 is 5.11 Å². The van der Waals surface area contributed by atoms with E-state index in [0.717, 1.165) is 17.7 Å². The molecule has 3 heteroatoms. The molecule has 0 atom stereocenters. The van der Waals surface area contributed by atoms with Crippen LogP contribution in [0.15, 0.2) is 42.7 Å². The number of hydrogen-bond donors (Lipinski definition) is 1. The van der Waals surface area contributed by atoms with E-state index in [4.69, 9.17) is 5.11 Å². The highest BCUT2D eigenvalue weighted by molar-refractivity contribution is 5.37. The summed E-state index contributed by atoms with van der Waals surface area (Å²) in [6.07, 6.45) is 3.68. The number of aliphatic hydroxyl groups excluding tert-OH is 1. The molecule has 0 spiro atoms. The Kier molecular flexibility index (Phi) is 3.37. The van der Waals surface area contributed by atoms with Gasteiger partial charge >= 0.3 is 0 Å². The van der Waals surface area contributed by atoms with Crippen LogP contribution in [-0.2, 0) is 6.54 Å². The summed E-state index contributed by atoms with van der Waals surface area (Å²) in [5.74, 6) is 5.52.